The summed E-state index contributed by atoms with van der Waals surface area (Å²) in [7, 11) is 2.18. The monoisotopic (exact) mass is 540 g/mol. The van der Waals surface area contributed by atoms with Crippen LogP contribution in [-0.2, 0) is 9.59 Å². The Labute approximate surface area is 233 Å². The zero-order valence-electron chi connectivity index (χ0n) is 24.0. The van der Waals surface area contributed by atoms with Crippen LogP contribution < -0.4 is 4.90 Å². The molecule has 3 heterocycles. The van der Waals surface area contributed by atoms with Gasteiger partial charge in [0.2, 0.25) is 11.8 Å². The van der Waals surface area contributed by atoms with Crippen LogP contribution in [0, 0.1) is 23.7 Å². The molecule has 2 bridgehead atoms. The second-order valence-electron chi connectivity index (χ2n) is 11.9. The molecule has 1 aromatic heterocycles. The summed E-state index contributed by atoms with van der Waals surface area (Å²) in [6.45, 7) is 11.5. The highest BCUT2D eigenvalue weighted by molar-refractivity contribution is 7.13. The van der Waals surface area contributed by atoms with Gasteiger partial charge in [-0.25, -0.2) is 0 Å². The Morgan fingerprint density at radius 2 is 1.79 bits per heavy atom. The second-order valence-corrected chi connectivity index (χ2v) is 12.7. The SMILES string of the molecule is CCCCC(CCC)CN1C(=O)CC2CCC(C2)C(C)C1=O.CN1CCN(c2nsc3ccccc23)CC1. The van der Waals surface area contributed by atoms with E-state index < -0.39 is 0 Å². The Morgan fingerprint density at radius 1 is 1.03 bits per heavy atom. The number of carbonyl (C=O) groups is 2. The fourth-order valence-corrected chi connectivity index (χ4v) is 7.27. The quantitative estimate of drug-likeness (QED) is 0.360. The highest BCUT2D eigenvalue weighted by Gasteiger charge is 2.40. The van der Waals surface area contributed by atoms with E-state index in [0.29, 0.717) is 30.7 Å². The standard InChI is InChI=1S/C19H33NO2.C12H15N3S/c1-4-6-8-15(7-5-2)13-20-18(21)12-16-9-10-17(11-16)14(3)19(20)22;1-14-6-8-15(9-7-14)12-10-4-2-3-5-11(10)16-13-12/h14-17H,4-13H2,1-3H3;2-5H,6-9H2,1H3. The number of anilines is 1. The molecule has 1 aromatic carbocycles. The summed E-state index contributed by atoms with van der Waals surface area (Å²) >= 11 is 1.60. The normalized spacial score (nSPS) is 25.2. The first kappa shape index (κ1) is 29.0. The maximum atomic E-state index is 12.8. The highest BCUT2D eigenvalue weighted by atomic mass is 32.1. The first-order valence-electron chi connectivity index (χ1n) is 15.0. The van der Waals surface area contributed by atoms with Gasteiger partial charge in [0.1, 0.15) is 5.82 Å². The minimum atomic E-state index is 0.0303. The summed E-state index contributed by atoms with van der Waals surface area (Å²) in [5, 5.41) is 1.30. The van der Waals surface area contributed by atoms with Gasteiger partial charge >= 0.3 is 0 Å². The van der Waals surface area contributed by atoms with Gasteiger partial charge < -0.3 is 9.80 Å². The molecule has 2 amide bonds. The van der Waals surface area contributed by atoms with E-state index in [1.54, 1.807) is 16.4 Å². The number of piperazine rings is 1. The van der Waals surface area contributed by atoms with Crippen molar-refractivity contribution >= 4 is 39.3 Å². The molecule has 2 aromatic rings. The summed E-state index contributed by atoms with van der Waals surface area (Å²) in [4.78, 5) is 31.9. The van der Waals surface area contributed by atoms with Gasteiger partial charge in [0.25, 0.3) is 0 Å². The van der Waals surface area contributed by atoms with Crippen molar-refractivity contribution in [1.29, 1.82) is 0 Å². The number of rotatable bonds is 8. The minimum Gasteiger partial charge on any atom is -0.353 e. The molecule has 0 N–H and O–H groups in total. The average Bonchev–Trinajstić information content (AvgIpc) is 3.57. The van der Waals surface area contributed by atoms with Crippen LogP contribution in [0.2, 0.25) is 0 Å². The number of likely N-dealkylation sites (tertiary alicyclic amines) is 1. The molecule has 2 aliphatic heterocycles. The van der Waals surface area contributed by atoms with Crippen LogP contribution in [0.15, 0.2) is 24.3 Å². The molecular formula is C31H48N4O2S. The zero-order chi connectivity index (χ0) is 27.1. The van der Waals surface area contributed by atoms with Crippen LogP contribution in [0.5, 0.6) is 0 Å². The minimum absolute atomic E-state index is 0.0303. The highest BCUT2D eigenvalue weighted by Crippen LogP contribution is 2.40. The molecule has 7 heteroatoms. The van der Waals surface area contributed by atoms with E-state index in [1.165, 1.54) is 28.7 Å². The van der Waals surface area contributed by atoms with E-state index >= 15 is 0 Å². The predicted molar refractivity (Wildman–Crippen MR) is 159 cm³/mol. The third-order valence-electron chi connectivity index (χ3n) is 8.97. The molecule has 4 unspecified atom stereocenters. The molecule has 210 valence electrons. The summed E-state index contributed by atoms with van der Waals surface area (Å²) in [6, 6.07) is 8.49. The van der Waals surface area contributed by atoms with E-state index in [2.05, 4.69) is 59.3 Å². The number of amides is 2. The van der Waals surface area contributed by atoms with Crippen LogP contribution >= 0.6 is 11.5 Å². The third kappa shape index (κ3) is 7.15. The molecule has 2 saturated heterocycles. The van der Waals surface area contributed by atoms with Crippen molar-refractivity contribution < 1.29 is 9.59 Å². The summed E-state index contributed by atoms with van der Waals surface area (Å²) < 4.78 is 5.88. The topological polar surface area (TPSA) is 56.8 Å². The van der Waals surface area contributed by atoms with Crippen molar-refractivity contribution in [2.24, 2.45) is 23.7 Å². The Morgan fingerprint density at radius 3 is 2.53 bits per heavy atom. The molecule has 1 aliphatic carbocycles. The van der Waals surface area contributed by atoms with Crippen molar-refractivity contribution in [3.63, 3.8) is 0 Å². The number of carbonyl (C=O) groups excluding carboxylic acids is 2. The van der Waals surface area contributed by atoms with Gasteiger partial charge in [-0.3, -0.25) is 14.5 Å². The van der Waals surface area contributed by atoms with Crippen molar-refractivity contribution in [3.8, 4) is 0 Å². The number of fused-ring (bicyclic) bond motifs is 3. The fraction of sp³-hybridized carbons (Fsp3) is 0.710. The van der Waals surface area contributed by atoms with Gasteiger partial charge in [-0.05, 0) is 80.6 Å². The molecule has 3 aliphatic rings. The molecule has 1 saturated carbocycles. The van der Waals surface area contributed by atoms with E-state index in [-0.39, 0.29) is 17.7 Å². The van der Waals surface area contributed by atoms with Crippen LogP contribution in [0.25, 0.3) is 10.1 Å². The molecule has 0 spiro atoms. The maximum absolute atomic E-state index is 12.8. The van der Waals surface area contributed by atoms with E-state index in [4.69, 9.17) is 0 Å². The lowest BCUT2D eigenvalue weighted by Crippen LogP contribution is -2.45. The first-order valence-corrected chi connectivity index (χ1v) is 15.8. The number of benzene rings is 1. The van der Waals surface area contributed by atoms with Crippen LogP contribution in [-0.4, -0.2) is 65.8 Å². The van der Waals surface area contributed by atoms with Gasteiger partial charge in [0.05, 0.1) is 4.70 Å². The second kappa shape index (κ2) is 13.9. The molecule has 5 rings (SSSR count). The molecular weight excluding hydrogens is 492 g/mol. The van der Waals surface area contributed by atoms with Gasteiger partial charge in [-0.2, -0.15) is 4.37 Å². The smallest absolute Gasteiger partial charge is 0.232 e. The molecule has 38 heavy (non-hydrogen) atoms. The van der Waals surface area contributed by atoms with Crippen LogP contribution in [0.4, 0.5) is 5.82 Å². The zero-order valence-corrected chi connectivity index (χ0v) is 24.8. The van der Waals surface area contributed by atoms with Gasteiger partial charge in [0, 0.05) is 50.4 Å². The summed E-state index contributed by atoms with van der Waals surface area (Å²) in [5.74, 6) is 2.93. The van der Waals surface area contributed by atoms with Gasteiger partial charge in [-0.15, -0.1) is 0 Å². The molecule has 0 radical (unpaired) electrons. The van der Waals surface area contributed by atoms with Gasteiger partial charge in [-0.1, -0.05) is 52.2 Å². The Kier molecular flexibility index (Phi) is 10.6. The Balaban J connectivity index is 0.000000185. The molecule has 6 nitrogen and oxygen atoms in total. The van der Waals surface area contributed by atoms with Crippen molar-refractivity contribution in [2.75, 3.05) is 44.7 Å². The lowest BCUT2D eigenvalue weighted by molar-refractivity contribution is -0.150. The summed E-state index contributed by atoms with van der Waals surface area (Å²) in [5.41, 5.74) is 0. The predicted octanol–water partition coefficient (Wildman–Crippen LogP) is 6.45. The number of likely N-dealkylation sites (N-methyl/N-ethyl adjacent to an activating group) is 1. The number of aromatic nitrogens is 1. The Bertz CT molecular complexity index is 1050. The molecule has 3 fully saturated rings. The van der Waals surface area contributed by atoms with Gasteiger partial charge in [0.15, 0.2) is 0 Å². The maximum Gasteiger partial charge on any atom is 0.232 e. The van der Waals surface area contributed by atoms with E-state index in [9.17, 15) is 9.59 Å². The number of hydrogen-bond donors (Lipinski definition) is 0. The van der Waals surface area contributed by atoms with Crippen LogP contribution in [0.3, 0.4) is 0 Å². The molecule has 4 atom stereocenters. The summed E-state index contributed by atoms with van der Waals surface area (Å²) in [6.07, 6.45) is 9.72. The fourth-order valence-electron chi connectivity index (χ4n) is 6.48. The number of nitrogens with zero attached hydrogens (tertiary/aromatic N) is 4. The third-order valence-corrected chi connectivity index (χ3v) is 9.79. The lowest BCUT2D eigenvalue weighted by atomic mass is 9.87. The van der Waals surface area contributed by atoms with E-state index in [1.807, 2.05) is 6.92 Å². The number of imide groups is 1. The average molecular weight is 541 g/mol. The largest absolute Gasteiger partial charge is 0.353 e. The van der Waals surface area contributed by atoms with Crippen LogP contribution in [0.1, 0.15) is 78.6 Å². The van der Waals surface area contributed by atoms with Crippen molar-refractivity contribution in [3.05, 3.63) is 24.3 Å². The number of unbranched alkanes of at least 4 members (excludes halogenated alkanes) is 1. The first-order chi connectivity index (χ1) is 18.4. The number of hydrogen-bond acceptors (Lipinski definition) is 6. The van der Waals surface area contributed by atoms with E-state index in [0.717, 1.165) is 64.7 Å². The lowest BCUT2D eigenvalue weighted by Gasteiger charge is -2.32. The Hall–Kier alpha value is -1.99. The van der Waals surface area contributed by atoms with Crippen molar-refractivity contribution in [1.82, 2.24) is 14.2 Å². The van der Waals surface area contributed by atoms with Crippen molar-refractivity contribution in [2.45, 2.75) is 78.6 Å².